The Balaban J connectivity index is 0.560. The Hall–Kier alpha value is -8.50. The number of nitrogens with zero attached hydrogens (tertiary/aromatic N) is 9. The van der Waals surface area contributed by atoms with Crippen LogP contribution in [0.1, 0.15) is 157 Å². The van der Waals surface area contributed by atoms with Gasteiger partial charge in [0, 0.05) is 89.9 Å². The van der Waals surface area contributed by atoms with Crippen molar-refractivity contribution in [2.24, 2.45) is 35.5 Å². The number of carbonyl (C=O) groups is 6. The van der Waals surface area contributed by atoms with E-state index in [2.05, 4.69) is 37.5 Å². The van der Waals surface area contributed by atoms with Gasteiger partial charge in [-0.25, -0.2) is 24.1 Å². The number of hydrogen-bond donors (Lipinski definition) is 6. The van der Waals surface area contributed by atoms with Gasteiger partial charge in [-0.2, -0.15) is 10.1 Å². The lowest BCUT2D eigenvalue weighted by Crippen LogP contribution is -2.60. The summed E-state index contributed by atoms with van der Waals surface area (Å²) in [6, 6.07) is 4.45. The SMILES string of the molecule is CO[C@@H](C[C@@H]1CC[C@@H](C)[C@](O)(C(=O)C(=O)N2CCCC[C@H]2C(=O)O)O1)/C(C)=C/C=C/C=C/[C@@H](C)C[C@@H](C)C(=O)[C@H](OC)[C@H](O)/C(C)=C/[C@@H](C)C(=O)/C=C\[C@H](C)C[C@@H]1CC[C@@H](OCCCCc2cn(CCOCCOCCOCCOCCOCCOCCOCCOCCC(=O)NCCCCn3nc(-c4ccc5oc(N)nc5c4)c4c(N)ncnc43)nn2)[C@H](OC)C1. The van der Waals surface area contributed by atoms with E-state index in [4.69, 9.17) is 82.6 Å². The number of fused-ring (bicyclic) bond motifs is 2. The summed E-state index contributed by atoms with van der Waals surface area (Å²) in [7, 11) is 4.70. The zero-order valence-electron chi connectivity index (χ0n) is 76.1. The van der Waals surface area contributed by atoms with Crippen LogP contribution in [0.2, 0.25) is 0 Å². The molecule has 2 aliphatic heterocycles. The number of nitrogens with two attached hydrogens (primary N) is 2. The second kappa shape index (κ2) is 56.2. The van der Waals surface area contributed by atoms with Crippen LogP contribution in [0.25, 0.3) is 33.4 Å². The van der Waals surface area contributed by atoms with Crippen molar-refractivity contribution in [3.8, 4) is 11.3 Å². The summed E-state index contributed by atoms with van der Waals surface area (Å²) in [5, 5.41) is 49.7. The third-order valence-corrected chi connectivity index (χ3v) is 23.3. The number of nitrogens with one attached hydrogen (secondary N) is 1. The Labute approximate surface area is 746 Å². The zero-order valence-corrected chi connectivity index (χ0v) is 76.1. The van der Waals surface area contributed by atoms with E-state index in [1.54, 1.807) is 62.6 Å². The van der Waals surface area contributed by atoms with E-state index >= 15 is 0 Å². The fourth-order valence-electron chi connectivity index (χ4n) is 16.0. The summed E-state index contributed by atoms with van der Waals surface area (Å²) in [5.41, 5.74) is 17.5. The molecule has 6 heterocycles. The van der Waals surface area contributed by atoms with Crippen LogP contribution in [0.15, 0.2) is 94.9 Å². The molecule has 1 aliphatic carbocycles. The van der Waals surface area contributed by atoms with Crippen LogP contribution in [0.5, 0.6) is 0 Å². The number of piperidine rings is 1. The molecular formula is C92H140N12O23. The smallest absolute Gasteiger partial charge is 0.326 e. The van der Waals surface area contributed by atoms with Gasteiger partial charge in [0.05, 0.1) is 148 Å². The number of rotatable bonds is 63. The van der Waals surface area contributed by atoms with Gasteiger partial charge in [-0.15, -0.1) is 5.10 Å². The third kappa shape index (κ3) is 34.4. The standard InChI is InChI=1S/C92H140N12O23/c1-62(20-12-11-13-21-64(3)78(114-8)59-72-28-25-68(7)92(113,127-72)86(109)89(110)103-34-17-14-23-74(103)90(111)112)54-66(5)83(107)85(116-10)84(108)67(6)56-65(4)75(105)29-24-63(2)55-69-26-30-77(79(57-69)115-9)125-37-19-15-22-71-60-102(101-99-71)36-39-118-41-43-120-45-47-122-49-51-124-53-52-123-50-48-121-46-44-119-42-40-117-38-32-80(106)95-33-16-18-35-104-88-81(87(93)96-61-97-88)82(100-104)70-27-31-76-73(58-70)98-91(94)126-76/h11-13,20-21,24,27,29,31,56,58,60-63,65-66,68-69,72,74,77-79,84-85,108,113H,14-19,22-23,25-26,28,30,32-55,57,59H2,1-10H3,(H2,94,98)(H,95,106)(H,111,112)(H2,93,96,97)/b13-11+,20-12+,29-24-,64-21+,67-56+/t62-,63+,65-,66-,68-,69+,72+,74+,77-,78+,79-,84-,85+,92-/m1/s1. The predicted molar refractivity (Wildman–Crippen MR) is 475 cm³/mol. The number of anilines is 2. The average molecular weight is 1780 g/mol. The molecule has 4 aromatic heterocycles. The highest BCUT2D eigenvalue weighted by Crippen LogP contribution is 2.38. The van der Waals surface area contributed by atoms with E-state index < -0.39 is 71.7 Å². The summed E-state index contributed by atoms with van der Waals surface area (Å²) in [6.07, 6.45) is 25.9. The number of methoxy groups -OCH3 is 3. The number of aliphatic hydroxyl groups excluding tert-OH is 1. The number of hydrogen-bond acceptors (Lipinski definition) is 30. The monoisotopic (exact) mass is 1780 g/mol. The van der Waals surface area contributed by atoms with Crippen molar-refractivity contribution in [2.45, 2.75) is 219 Å². The zero-order chi connectivity index (χ0) is 91.5. The van der Waals surface area contributed by atoms with Gasteiger partial charge in [0.15, 0.2) is 22.8 Å². The lowest BCUT2D eigenvalue weighted by molar-refractivity contribution is -0.265. The van der Waals surface area contributed by atoms with Crippen LogP contribution >= 0.6 is 0 Å². The quantitative estimate of drug-likeness (QED) is 0.00693. The maximum Gasteiger partial charge on any atom is 0.326 e. The third-order valence-electron chi connectivity index (χ3n) is 23.3. The van der Waals surface area contributed by atoms with Crippen molar-refractivity contribution in [1.29, 1.82) is 0 Å². The normalized spacial score (nSPS) is 20.9. The van der Waals surface area contributed by atoms with E-state index in [1.165, 1.54) is 13.4 Å². The summed E-state index contributed by atoms with van der Waals surface area (Å²) < 4.78 is 83.7. The maximum atomic E-state index is 13.8. The second-order valence-corrected chi connectivity index (χ2v) is 33.3. The Morgan fingerprint density at radius 2 is 1.39 bits per heavy atom. The molecule has 35 heteroatoms. The van der Waals surface area contributed by atoms with Crippen LogP contribution in [-0.2, 0) is 110 Å². The Bertz CT molecular complexity index is 4320. The van der Waals surface area contributed by atoms with Crippen LogP contribution in [-0.4, -0.2) is 290 Å². The van der Waals surface area contributed by atoms with Crippen LogP contribution < -0.4 is 16.8 Å². The molecule has 0 radical (unpaired) electrons. The van der Waals surface area contributed by atoms with E-state index in [-0.39, 0.29) is 66.9 Å². The van der Waals surface area contributed by atoms with Gasteiger partial charge in [-0.3, -0.25) is 24.0 Å². The highest BCUT2D eigenvalue weighted by molar-refractivity contribution is 6.39. The van der Waals surface area contributed by atoms with Crippen molar-refractivity contribution >= 4 is 69.1 Å². The number of likely N-dealkylation sites (tertiary alicyclic amines) is 1. The average Bonchev–Trinajstić information content (AvgIpc) is 1.70. The summed E-state index contributed by atoms with van der Waals surface area (Å²) in [6.45, 7) is 22.2. The van der Waals surface area contributed by atoms with Gasteiger partial charge in [0.25, 0.3) is 17.7 Å². The van der Waals surface area contributed by atoms with Crippen LogP contribution in [0, 0.1) is 35.5 Å². The van der Waals surface area contributed by atoms with Crippen molar-refractivity contribution in [1.82, 2.24) is 49.9 Å². The molecule has 1 saturated carbocycles. The van der Waals surface area contributed by atoms with Gasteiger partial charge in [-0.1, -0.05) is 82.4 Å². The minimum Gasteiger partial charge on any atom is -0.480 e. The fourth-order valence-corrected chi connectivity index (χ4v) is 16.0. The lowest BCUT2D eigenvalue weighted by atomic mass is 9.80. The summed E-state index contributed by atoms with van der Waals surface area (Å²) in [5.74, 6) is -7.01. The first kappa shape index (κ1) is 104. The highest BCUT2D eigenvalue weighted by atomic mass is 16.6. The summed E-state index contributed by atoms with van der Waals surface area (Å²) in [4.78, 5) is 92.3. The molecule has 127 heavy (non-hydrogen) atoms. The lowest BCUT2D eigenvalue weighted by Gasteiger charge is -2.42. The Kier molecular flexibility index (Phi) is 45.9. The topological polar surface area (TPSA) is 451 Å². The number of carboxylic acids is 1. The molecule has 35 nitrogen and oxygen atoms in total. The molecule has 3 aliphatic rings. The van der Waals surface area contributed by atoms with E-state index in [9.17, 15) is 44.1 Å². The fraction of sp³-hybridized carbons (Fsp3) is 0.674. The molecule has 0 unspecified atom stereocenters. The molecule has 0 bridgehead atoms. The molecule has 8 N–H and O–H groups in total. The van der Waals surface area contributed by atoms with Gasteiger partial charge in [0.1, 0.15) is 41.6 Å². The maximum absolute atomic E-state index is 13.8. The van der Waals surface area contributed by atoms with Gasteiger partial charge < -0.3 is 103 Å². The Morgan fingerprint density at radius 1 is 0.717 bits per heavy atom. The number of allylic oxidation sites excluding steroid dienone is 8. The van der Waals surface area contributed by atoms with E-state index in [1.807, 2.05) is 75.6 Å². The van der Waals surface area contributed by atoms with Gasteiger partial charge >= 0.3 is 5.97 Å². The molecule has 0 spiro atoms. The second-order valence-electron chi connectivity index (χ2n) is 33.3. The van der Waals surface area contributed by atoms with E-state index in [0.717, 1.165) is 79.5 Å². The number of carboxylic acid groups (broad SMARTS) is 1. The van der Waals surface area contributed by atoms with Crippen molar-refractivity contribution < 1.29 is 110 Å². The first-order valence-electron chi connectivity index (χ1n) is 45.1. The minimum absolute atomic E-state index is 0.00704. The number of nitrogen functional groups attached to an aromatic ring is 2. The molecule has 5 aromatic rings. The number of aliphatic hydroxyl groups is 2. The number of ether oxygens (including phenoxy) is 13. The molecule has 3 fully saturated rings. The van der Waals surface area contributed by atoms with Crippen molar-refractivity contribution in [2.75, 3.05) is 158 Å². The Morgan fingerprint density at radius 3 is 2.06 bits per heavy atom. The van der Waals surface area contributed by atoms with Crippen LogP contribution in [0.4, 0.5) is 11.8 Å². The predicted octanol–water partition coefficient (Wildman–Crippen LogP) is 9.38. The number of aliphatic carboxylic acids is 1. The number of unbranched alkanes of at least 4 members (excludes halogenated alkanes) is 2. The minimum atomic E-state index is -2.40. The number of amides is 2. The molecule has 706 valence electrons. The molecule has 1 aromatic carbocycles. The van der Waals surface area contributed by atoms with Crippen molar-refractivity contribution in [3.05, 3.63) is 96.2 Å². The number of aromatic nitrogens is 8. The number of carbonyl (C=O) groups excluding carboxylic acids is 5. The number of aryl methyl sites for hydroxylation is 2. The first-order chi connectivity index (χ1) is 61.3. The van der Waals surface area contributed by atoms with Gasteiger partial charge in [-0.05, 0) is 163 Å². The van der Waals surface area contributed by atoms with Crippen molar-refractivity contribution in [3.63, 3.8) is 0 Å². The first-order valence-corrected chi connectivity index (χ1v) is 45.1. The number of benzene rings is 1. The molecular weight excluding hydrogens is 1640 g/mol. The van der Waals surface area contributed by atoms with E-state index in [0.29, 0.717) is 216 Å². The number of Topliss-reactive ketones (excluding diaryl/α,β-unsaturated/α-hetero) is 2. The molecule has 8 rings (SSSR count). The molecule has 14 atom stereocenters. The van der Waals surface area contributed by atoms with Crippen LogP contribution in [0.3, 0.4) is 0 Å². The summed E-state index contributed by atoms with van der Waals surface area (Å²) >= 11 is 0. The highest BCUT2D eigenvalue weighted by Gasteiger charge is 2.53. The number of ketones is 3. The van der Waals surface area contributed by atoms with Gasteiger partial charge in [0.2, 0.25) is 11.7 Å². The number of oxazole rings is 1. The molecule has 2 amide bonds. The largest absolute Gasteiger partial charge is 0.480 e. The molecule has 2 saturated heterocycles.